The minimum atomic E-state index is 0.388. The number of aromatic nitrogens is 1. The minimum Gasteiger partial charge on any atom is -0.507 e. The number of nitrogens with zero attached hydrogens (tertiary/aromatic N) is 1. The number of phenolic OH excluding ortho intramolecular Hbond substituents is 1. The minimum absolute atomic E-state index is 0.388. The SMILES string of the molecule is Cc1cccc(CNCc2cncs2)c1O. The summed E-state index contributed by atoms with van der Waals surface area (Å²) in [5, 5.41) is 13.1. The van der Waals surface area contributed by atoms with Crippen LogP contribution in [0, 0.1) is 6.92 Å². The Morgan fingerprint density at radius 3 is 3.00 bits per heavy atom. The summed E-state index contributed by atoms with van der Waals surface area (Å²) >= 11 is 1.63. The molecule has 0 aliphatic rings. The highest BCUT2D eigenvalue weighted by Crippen LogP contribution is 2.21. The van der Waals surface area contributed by atoms with Crippen molar-refractivity contribution in [1.29, 1.82) is 0 Å². The first-order valence-electron chi connectivity index (χ1n) is 5.13. The van der Waals surface area contributed by atoms with Crippen LogP contribution in [0.25, 0.3) is 0 Å². The van der Waals surface area contributed by atoms with Crippen molar-refractivity contribution in [1.82, 2.24) is 10.3 Å². The van der Waals surface area contributed by atoms with Gasteiger partial charge in [-0.05, 0) is 12.5 Å². The van der Waals surface area contributed by atoms with E-state index < -0.39 is 0 Å². The number of rotatable bonds is 4. The number of hydrogen-bond acceptors (Lipinski definition) is 4. The molecule has 0 spiro atoms. The standard InChI is InChI=1S/C12H14N2OS/c1-9-3-2-4-10(12(9)15)5-13-6-11-7-14-8-16-11/h2-4,7-8,13,15H,5-6H2,1H3. The molecule has 0 unspecified atom stereocenters. The Kier molecular flexibility index (Phi) is 3.54. The molecule has 0 saturated heterocycles. The Morgan fingerprint density at radius 1 is 1.38 bits per heavy atom. The first-order chi connectivity index (χ1) is 7.77. The van der Waals surface area contributed by atoms with E-state index in [0.717, 1.165) is 17.7 Å². The monoisotopic (exact) mass is 234 g/mol. The third-order valence-corrected chi connectivity index (χ3v) is 3.20. The van der Waals surface area contributed by atoms with Gasteiger partial charge in [-0.2, -0.15) is 0 Å². The quantitative estimate of drug-likeness (QED) is 0.854. The van der Waals surface area contributed by atoms with Crippen molar-refractivity contribution in [2.24, 2.45) is 0 Å². The van der Waals surface area contributed by atoms with Gasteiger partial charge < -0.3 is 10.4 Å². The van der Waals surface area contributed by atoms with Crippen molar-refractivity contribution >= 4 is 11.3 Å². The normalized spacial score (nSPS) is 10.6. The van der Waals surface area contributed by atoms with Crippen LogP contribution >= 0.6 is 11.3 Å². The maximum absolute atomic E-state index is 9.81. The Bertz CT molecular complexity index is 454. The third-order valence-electron chi connectivity index (χ3n) is 2.42. The lowest BCUT2D eigenvalue weighted by Gasteiger charge is -2.07. The van der Waals surface area contributed by atoms with Crippen LogP contribution in [0.3, 0.4) is 0 Å². The maximum atomic E-state index is 9.81. The van der Waals surface area contributed by atoms with Gasteiger partial charge >= 0.3 is 0 Å². The predicted molar refractivity (Wildman–Crippen MR) is 65.5 cm³/mol. The zero-order chi connectivity index (χ0) is 11.4. The van der Waals surface area contributed by atoms with Gasteiger partial charge in [0.2, 0.25) is 0 Å². The molecule has 1 heterocycles. The number of hydrogen-bond donors (Lipinski definition) is 2. The molecule has 4 heteroatoms. The molecule has 0 saturated carbocycles. The Hall–Kier alpha value is -1.39. The summed E-state index contributed by atoms with van der Waals surface area (Å²) in [4.78, 5) is 5.21. The van der Waals surface area contributed by atoms with Crippen molar-refractivity contribution in [3.63, 3.8) is 0 Å². The lowest BCUT2D eigenvalue weighted by atomic mass is 10.1. The molecule has 1 aromatic heterocycles. The van der Waals surface area contributed by atoms with Gasteiger partial charge in [-0.15, -0.1) is 11.3 Å². The van der Waals surface area contributed by atoms with Crippen molar-refractivity contribution in [3.05, 3.63) is 45.9 Å². The highest BCUT2D eigenvalue weighted by atomic mass is 32.1. The topological polar surface area (TPSA) is 45.2 Å². The second-order valence-corrected chi connectivity index (χ2v) is 4.62. The van der Waals surface area contributed by atoms with Crippen molar-refractivity contribution in [3.8, 4) is 5.75 Å². The summed E-state index contributed by atoms with van der Waals surface area (Å²) in [6.07, 6.45) is 1.85. The Labute approximate surface area is 98.8 Å². The zero-order valence-corrected chi connectivity index (χ0v) is 9.92. The number of thiazole rings is 1. The molecule has 2 rings (SSSR count). The molecular weight excluding hydrogens is 220 g/mol. The van der Waals surface area contributed by atoms with Crippen LogP contribution < -0.4 is 5.32 Å². The van der Waals surface area contributed by atoms with Crippen LogP contribution in [-0.2, 0) is 13.1 Å². The van der Waals surface area contributed by atoms with E-state index in [4.69, 9.17) is 0 Å². The largest absolute Gasteiger partial charge is 0.507 e. The van der Waals surface area contributed by atoms with E-state index in [9.17, 15) is 5.11 Å². The molecule has 0 aliphatic carbocycles. The number of phenols is 1. The van der Waals surface area contributed by atoms with Crippen molar-refractivity contribution in [2.45, 2.75) is 20.0 Å². The van der Waals surface area contributed by atoms with E-state index in [1.807, 2.05) is 36.8 Å². The summed E-state index contributed by atoms with van der Waals surface area (Å²) in [5.74, 6) is 0.388. The lowest BCUT2D eigenvalue weighted by Crippen LogP contribution is -2.12. The van der Waals surface area contributed by atoms with E-state index in [-0.39, 0.29) is 0 Å². The summed E-state index contributed by atoms with van der Waals surface area (Å²) < 4.78 is 0. The van der Waals surface area contributed by atoms with Crippen LogP contribution in [0.2, 0.25) is 0 Å². The highest BCUT2D eigenvalue weighted by Gasteiger charge is 2.03. The van der Waals surface area contributed by atoms with Gasteiger partial charge in [0, 0.05) is 29.7 Å². The highest BCUT2D eigenvalue weighted by molar-refractivity contribution is 7.09. The fourth-order valence-corrected chi connectivity index (χ4v) is 2.08. The molecule has 1 aromatic carbocycles. The molecule has 3 nitrogen and oxygen atoms in total. The second kappa shape index (κ2) is 5.09. The maximum Gasteiger partial charge on any atom is 0.122 e. The summed E-state index contributed by atoms with van der Waals surface area (Å²) in [6.45, 7) is 3.37. The fourth-order valence-electron chi connectivity index (χ4n) is 1.51. The van der Waals surface area contributed by atoms with Gasteiger partial charge in [0.05, 0.1) is 5.51 Å². The molecule has 0 atom stereocenters. The van der Waals surface area contributed by atoms with Crippen molar-refractivity contribution < 1.29 is 5.11 Å². The van der Waals surface area contributed by atoms with Gasteiger partial charge in [-0.25, -0.2) is 0 Å². The van der Waals surface area contributed by atoms with Crippen LogP contribution in [0.15, 0.2) is 29.9 Å². The van der Waals surface area contributed by atoms with Gasteiger partial charge in [0.15, 0.2) is 0 Å². The number of benzene rings is 1. The summed E-state index contributed by atoms with van der Waals surface area (Å²) in [6, 6.07) is 5.79. The zero-order valence-electron chi connectivity index (χ0n) is 9.10. The van der Waals surface area contributed by atoms with Gasteiger partial charge in [-0.3, -0.25) is 4.98 Å². The van der Waals surface area contributed by atoms with Crippen LogP contribution in [-0.4, -0.2) is 10.1 Å². The molecule has 0 aliphatic heterocycles. The lowest BCUT2D eigenvalue weighted by molar-refractivity contribution is 0.460. The number of aryl methyl sites for hydroxylation is 1. The molecule has 0 fully saturated rings. The van der Waals surface area contributed by atoms with E-state index in [0.29, 0.717) is 12.3 Å². The van der Waals surface area contributed by atoms with Gasteiger partial charge in [0.25, 0.3) is 0 Å². The third kappa shape index (κ3) is 2.59. The number of para-hydroxylation sites is 1. The van der Waals surface area contributed by atoms with E-state index in [2.05, 4.69) is 10.3 Å². The van der Waals surface area contributed by atoms with Gasteiger partial charge in [0.1, 0.15) is 5.75 Å². The molecule has 16 heavy (non-hydrogen) atoms. The summed E-state index contributed by atoms with van der Waals surface area (Å²) in [7, 11) is 0. The van der Waals surface area contributed by atoms with E-state index >= 15 is 0 Å². The first-order valence-corrected chi connectivity index (χ1v) is 6.01. The van der Waals surface area contributed by atoms with E-state index in [1.54, 1.807) is 11.3 Å². The number of aromatic hydroxyl groups is 1. The van der Waals surface area contributed by atoms with Crippen molar-refractivity contribution in [2.75, 3.05) is 0 Å². The predicted octanol–water partition coefficient (Wildman–Crippen LogP) is 2.45. The van der Waals surface area contributed by atoms with E-state index in [1.165, 1.54) is 4.88 Å². The summed E-state index contributed by atoms with van der Waals surface area (Å²) in [5.41, 5.74) is 3.67. The molecule has 2 N–H and O–H groups in total. The molecule has 84 valence electrons. The Balaban J connectivity index is 1.92. The first kappa shape index (κ1) is 11.1. The van der Waals surface area contributed by atoms with Crippen LogP contribution in [0.1, 0.15) is 16.0 Å². The molecular formula is C12H14N2OS. The van der Waals surface area contributed by atoms with Crippen LogP contribution in [0.4, 0.5) is 0 Å². The average Bonchev–Trinajstić information content (AvgIpc) is 2.77. The fraction of sp³-hybridized carbons (Fsp3) is 0.250. The number of nitrogens with one attached hydrogen (secondary N) is 1. The molecule has 0 amide bonds. The van der Waals surface area contributed by atoms with Gasteiger partial charge in [-0.1, -0.05) is 18.2 Å². The molecule has 0 bridgehead atoms. The second-order valence-electron chi connectivity index (χ2n) is 3.65. The molecule has 0 radical (unpaired) electrons. The average molecular weight is 234 g/mol. The Morgan fingerprint density at radius 2 is 2.25 bits per heavy atom. The van der Waals surface area contributed by atoms with Crippen LogP contribution in [0.5, 0.6) is 5.75 Å². The molecule has 2 aromatic rings. The smallest absolute Gasteiger partial charge is 0.122 e.